The summed E-state index contributed by atoms with van der Waals surface area (Å²) in [5, 5.41) is 32.6. The molecule has 0 fully saturated rings. The lowest BCUT2D eigenvalue weighted by Crippen LogP contribution is -1.91. The molecule has 4 N–H and O–H groups in total. The van der Waals surface area contributed by atoms with Gasteiger partial charge in [-0.05, 0) is 54.7 Å². The number of hydrogen-bond donors (Lipinski definition) is 4. The quantitative estimate of drug-likeness (QED) is 0.229. The largest absolute Gasteiger partial charge is 0.396 e. The second-order valence-electron chi connectivity index (χ2n) is 6.13. The van der Waals surface area contributed by atoms with E-state index in [1.165, 1.54) is 12.2 Å². The van der Waals surface area contributed by atoms with Gasteiger partial charge in [-0.15, -0.1) is 0 Å². The van der Waals surface area contributed by atoms with Gasteiger partial charge in [0.05, 0.1) is 24.6 Å². The number of nitrogens with zero attached hydrogens (tertiary/aromatic N) is 2. The summed E-state index contributed by atoms with van der Waals surface area (Å²) in [6, 6.07) is 14.7. The van der Waals surface area contributed by atoms with Gasteiger partial charge in [-0.25, -0.2) is 9.59 Å². The molecule has 0 aliphatic rings. The number of aliphatic hydroxyl groups is 4. The maximum absolute atomic E-state index is 10.1. The average Bonchev–Trinajstić information content (AvgIpc) is 2.82. The summed E-state index contributed by atoms with van der Waals surface area (Å²) >= 11 is 1.55. The topological polar surface area (TPSA) is 140 Å². The molecule has 2 rings (SSSR count). The number of aliphatic hydroxyl groups excluding tert-OH is 4. The Hall–Kier alpha value is -2.61. The fourth-order valence-corrected chi connectivity index (χ4v) is 2.63. The van der Waals surface area contributed by atoms with Gasteiger partial charge in [-0.3, -0.25) is 0 Å². The third kappa shape index (κ3) is 16.1. The first-order valence-electron chi connectivity index (χ1n) is 9.99. The highest BCUT2D eigenvalue weighted by atomic mass is 32.2. The van der Waals surface area contributed by atoms with Crippen LogP contribution in [0.1, 0.15) is 24.0 Å². The van der Waals surface area contributed by atoms with E-state index < -0.39 is 0 Å². The van der Waals surface area contributed by atoms with Crippen LogP contribution in [0, 0.1) is 0 Å². The molecule has 2 aromatic rings. The van der Waals surface area contributed by atoms with Crippen molar-refractivity contribution in [2.75, 3.05) is 37.9 Å². The van der Waals surface area contributed by atoms with Crippen molar-refractivity contribution in [2.45, 2.75) is 19.3 Å². The summed E-state index contributed by atoms with van der Waals surface area (Å²) in [5.41, 5.74) is 3.40. The Balaban J connectivity index is 0.000000611. The van der Waals surface area contributed by atoms with Crippen LogP contribution < -0.4 is 0 Å². The zero-order chi connectivity index (χ0) is 23.9. The molecule has 174 valence electrons. The second kappa shape index (κ2) is 21.6. The van der Waals surface area contributed by atoms with Crippen molar-refractivity contribution in [1.29, 1.82) is 0 Å². The highest BCUT2D eigenvalue weighted by Gasteiger charge is 1.97. The number of carbonyl (C=O) groups excluding carboxylic acids is 2. The van der Waals surface area contributed by atoms with E-state index in [1.54, 1.807) is 36.0 Å². The van der Waals surface area contributed by atoms with Crippen LogP contribution in [0.25, 0.3) is 0 Å². The monoisotopic (exact) mass is 462 g/mol. The highest BCUT2D eigenvalue weighted by Crippen LogP contribution is 2.17. The minimum atomic E-state index is 0.195. The number of isocyanates is 2. The van der Waals surface area contributed by atoms with E-state index in [2.05, 4.69) is 9.98 Å². The van der Waals surface area contributed by atoms with Gasteiger partial charge in [0.15, 0.2) is 0 Å². The number of aliphatic imine (C=N–C) groups is 2. The zero-order valence-electron chi connectivity index (χ0n) is 17.9. The number of hydrogen-bond acceptors (Lipinski definition) is 9. The maximum atomic E-state index is 10.1. The van der Waals surface area contributed by atoms with Crippen molar-refractivity contribution in [2.24, 2.45) is 9.98 Å². The molecule has 0 aromatic heterocycles. The Morgan fingerprint density at radius 1 is 0.625 bits per heavy atom. The third-order valence-electron chi connectivity index (χ3n) is 3.67. The lowest BCUT2D eigenvalue weighted by molar-refractivity contribution is 0.242. The van der Waals surface area contributed by atoms with Crippen LogP contribution in [-0.4, -0.2) is 70.5 Å². The van der Waals surface area contributed by atoms with Crippen LogP contribution in [0.4, 0.5) is 11.4 Å². The third-order valence-corrected chi connectivity index (χ3v) is 4.61. The molecular weight excluding hydrogens is 432 g/mol. The van der Waals surface area contributed by atoms with E-state index in [4.69, 9.17) is 20.4 Å². The predicted octanol–water partition coefficient (Wildman–Crippen LogP) is 2.67. The van der Waals surface area contributed by atoms with Gasteiger partial charge >= 0.3 is 0 Å². The molecular formula is C23H30N2O6S. The van der Waals surface area contributed by atoms with E-state index in [0.29, 0.717) is 11.4 Å². The van der Waals surface area contributed by atoms with Crippen LogP contribution in [-0.2, 0) is 16.0 Å². The standard InChI is InChI=1S/C15H10N2O2.C4H10O2S.C4H10O2/c18-10-16-14-5-1-12(2-6-14)9-13-3-7-15(8-4-13)17-11-19;5-1-3-7-4-2-6;5-3-1-2-4-6/h1-8H,9H2;5-6H,1-4H2;5-6H,1-4H2. The average molecular weight is 463 g/mol. The van der Waals surface area contributed by atoms with Gasteiger partial charge in [-0.1, -0.05) is 24.3 Å². The first-order valence-corrected chi connectivity index (χ1v) is 11.1. The fraction of sp³-hybridized carbons (Fsp3) is 0.391. The van der Waals surface area contributed by atoms with E-state index in [-0.39, 0.29) is 26.4 Å². The Morgan fingerprint density at radius 2 is 1.00 bits per heavy atom. The van der Waals surface area contributed by atoms with Crippen LogP contribution in [0.5, 0.6) is 0 Å². The smallest absolute Gasteiger partial charge is 0.240 e. The van der Waals surface area contributed by atoms with E-state index >= 15 is 0 Å². The number of rotatable bonds is 11. The van der Waals surface area contributed by atoms with Crippen LogP contribution in [0.15, 0.2) is 58.5 Å². The van der Waals surface area contributed by atoms with Gasteiger partial charge in [0.1, 0.15) is 0 Å². The molecule has 0 aliphatic carbocycles. The molecule has 2 aromatic carbocycles. The molecule has 0 unspecified atom stereocenters. The normalized spacial score (nSPS) is 9.25. The van der Waals surface area contributed by atoms with Gasteiger partial charge in [0.2, 0.25) is 12.2 Å². The van der Waals surface area contributed by atoms with Crippen molar-refractivity contribution in [3.63, 3.8) is 0 Å². The Labute approximate surface area is 192 Å². The summed E-state index contributed by atoms with van der Waals surface area (Å²) < 4.78 is 0. The molecule has 0 bridgehead atoms. The predicted molar refractivity (Wildman–Crippen MR) is 126 cm³/mol. The summed E-state index contributed by atoms with van der Waals surface area (Å²) in [4.78, 5) is 27.3. The first-order chi connectivity index (χ1) is 15.6. The van der Waals surface area contributed by atoms with E-state index in [9.17, 15) is 9.59 Å². The Kier molecular flexibility index (Phi) is 19.9. The summed E-state index contributed by atoms with van der Waals surface area (Å²) in [7, 11) is 0. The molecule has 0 radical (unpaired) electrons. The lowest BCUT2D eigenvalue weighted by Gasteiger charge is -2.02. The van der Waals surface area contributed by atoms with Crippen LogP contribution >= 0.6 is 11.8 Å². The number of thioether (sulfide) groups is 1. The molecule has 9 heteroatoms. The molecule has 0 saturated heterocycles. The van der Waals surface area contributed by atoms with Crippen molar-refractivity contribution in [1.82, 2.24) is 0 Å². The zero-order valence-corrected chi connectivity index (χ0v) is 18.7. The van der Waals surface area contributed by atoms with E-state index in [0.717, 1.165) is 41.9 Å². The SMILES string of the molecule is O=C=Nc1ccc(Cc2ccc(N=C=O)cc2)cc1.OCCCCO.OCCSCCO. The maximum Gasteiger partial charge on any atom is 0.240 e. The summed E-state index contributed by atoms with van der Waals surface area (Å²) in [5.74, 6) is 1.47. The van der Waals surface area contributed by atoms with Crippen molar-refractivity contribution < 1.29 is 30.0 Å². The summed E-state index contributed by atoms with van der Waals surface area (Å²) in [6.45, 7) is 0.816. The van der Waals surface area contributed by atoms with Crippen molar-refractivity contribution in [3.05, 3.63) is 59.7 Å². The van der Waals surface area contributed by atoms with Gasteiger partial charge in [-0.2, -0.15) is 21.7 Å². The fourth-order valence-electron chi connectivity index (χ4n) is 2.17. The van der Waals surface area contributed by atoms with Gasteiger partial charge in [0.25, 0.3) is 0 Å². The van der Waals surface area contributed by atoms with Gasteiger partial charge in [0, 0.05) is 24.7 Å². The molecule has 0 saturated carbocycles. The Bertz CT molecular complexity index is 735. The minimum Gasteiger partial charge on any atom is -0.396 e. The number of unbranched alkanes of at least 4 members (excludes halogenated alkanes) is 1. The molecule has 0 aliphatic heterocycles. The van der Waals surface area contributed by atoms with Gasteiger partial charge < -0.3 is 20.4 Å². The Morgan fingerprint density at radius 3 is 1.28 bits per heavy atom. The van der Waals surface area contributed by atoms with Crippen LogP contribution in [0.2, 0.25) is 0 Å². The number of benzene rings is 2. The summed E-state index contributed by atoms with van der Waals surface area (Å²) in [6.07, 6.45) is 5.21. The highest BCUT2D eigenvalue weighted by molar-refractivity contribution is 7.99. The molecule has 0 amide bonds. The van der Waals surface area contributed by atoms with Crippen LogP contribution in [0.3, 0.4) is 0 Å². The molecule has 0 atom stereocenters. The molecule has 8 nitrogen and oxygen atoms in total. The van der Waals surface area contributed by atoms with Crippen molar-refractivity contribution >= 4 is 35.3 Å². The molecule has 32 heavy (non-hydrogen) atoms. The first kappa shape index (κ1) is 29.4. The molecule has 0 spiro atoms. The van der Waals surface area contributed by atoms with E-state index in [1.807, 2.05) is 24.3 Å². The second-order valence-corrected chi connectivity index (χ2v) is 7.35. The minimum absolute atomic E-state index is 0.195. The molecule has 0 heterocycles. The lowest BCUT2D eigenvalue weighted by atomic mass is 10.0. The van der Waals surface area contributed by atoms with Crippen molar-refractivity contribution in [3.8, 4) is 0 Å².